The Balaban J connectivity index is 3.05. The number of ether oxygens (including phenoxy) is 1. The molecule has 0 aliphatic carbocycles. The van der Waals surface area contributed by atoms with Crippen molar-refractivity contribution in [3.63, 3.8) is 0 Å². The van der Waals surface area contributed by atoms with Gasteiger partial charge in [0, 0.05) is 12.1 Å². The molecule has 160 valence electrons. The summed E-state index contributed by atoms with van der Waals surface area (Å²) in [6, 6.07) is 0. The van der Waals surface area contributed by atoms with Crippen LogP contribution in [-0.4, -0.2) is 47.4 Å². The van der Waals surface area contributed by atoms with E-state index in [1.54, 1.807) is 20.8 Å². The summed E-state index contributed by atoms with van der Waals surface area (Å²) in [4.78, 5) is 23.6. The number of carboxylic acids is 1. The van der Waals surface area contributed by atoms with Gasteiger partial charge in [0.15, 0.2) is 5.69 Å². The number of aromatic carboxylic acids is 1. The minimum absolute atomic E-state index is 0.0382. The highest BCUT2D eigenvalue weighted by Crippen LogP contribution is 2.38. The minimum atomic E-state index is -2.17. The van der Waals surface area contributed by atoms with Crippen LogP contribution in [0.3, 0.4) is 0 Å². The normalized spacial score (nSPS) is 12.6. The molecule has 8 nitrogen and oxygen atoms in total. The number of carbonyl (C=O) groups excluding carboxylic acids is 1. The molecule has 0 atom stereocenters. The highest BCUT2D eigenvalue weighted by atomic mass is 28.4. The Morgan fingerprint density at radius 2 is 1.75 bits per heavy atom. The third kappa shape index (κ3) is 6.25. The maximum absolute atomic E-state index is 11.8. The van der Waals surface area contributed by atoms with Crippen LogP contribution in [0.2, 0.25) is 18.1 Å². The first kappa shape index (κ1) is 24.0. The number of nitrogens with zero attached hydrogens (tertiary/aromatic N) is 2. The van der Waals surface area contributed by atoms with E-state index >= 15 is 0 Å². The van der Waals surface area contributed by atoms with Crippen LogP contribution in [0, 0.1) is 0 Å². The van der Waals surface area contributed by atoms with Gasteiger partial charge in [-0.15, -0.1) is 5.10 Å². The molecule has 0 fully saturated rings. The van der Waals surface area contributed by atoms with Crippen molar-refractivity contribution in [3.8, 4) is 5.88 Å². The highest BCUT2D eigenvalue weighted by molar-refractivity contribution is 6.74. The van der Waals surface area contributed by atoms with Gasteiger partial charge in [0.2, 0.25) is 5.88 Å². The van der Waals surface area contributed by atoms with Gasteiger partial charge in [0.05, 0.1) is 6.54 Å². The molecular formula is C19H35N3O5Si. The van der Waals surface area contributed by atoms with Gasteiger partial charge in [-0.3, -0.25) is 4.68 Å². The summed E-state index contributed by atoms with van der Waals surface area (Å²) in [5, 5.41) is 16.7. The van der Waals surface area contributed by atoms with Crippen molar-refractivity contribution in [2.75, 3.05) is 6.54 Å². The van der Waals surface area contributed by atoms with Gasteiger partial charge in [0.25, 0.3) is 8.32 Å². The Kier molecular flexibility index (Phi) is 7.33. The summed E-state index contributed by atoms with van der Waals surface area (Å²) in [5.41, 5.74) is 0.0819. The molecule has 0 unspecified atom stereocenters. The molecule has 0 aliphatic heterocycles. The molecule has 1 aromatic heterocycles. The van der Waals surface area contributed by atoms with Crippen LogP contribution in [-0.2, 0) is 17.7 Å². The Labute approximate surface area is 168 Å². The molecule has 1 heterocycles. The van der Waals surface area contributed by atoms with Crippen LogP contribution in [0.5, 0.6) is 5.88 Å². The molecule has 1 rings (SSSR count). The maximum atomic E-state index is 11.8. The number of rotatable bonds is 7. The van der Waals surface area contributed by atoms with Gasteiger partial charge >= 0.3 is 12.1 Å². The van der Waals surface area contributed by atoms with Crippen LogP contribution in [0.1, 0.15) is 64.5 Å². The van der Waals surface area contributed by atoms with E-state index in [1.165, 1.54) is 4.68 Å². The van der Waals surface area contributed by atoms with E-state index in [9.17, 15) is 14.7 Å². The minimum Gasteiger partial charge on any atom is -0.529 e. The Morgan fingerprint density at radius 1 is 1.18 bits per heavy atom. The van der Waals surface area contributed by atoms with E-state index in [-0.39, 0.29) is 23.8 Å². The smallest absolute Gasteiger partial charge is 0.407 e. The molecule has 0 radical (unpaired) electrons. The van der Waals surface area contributed by atoms with Gasteiger partial charge < -0.3 is 19.6 Å². The quantitative estimate of drug-likeness (QED) is 0.654. The lowest BCUT2D eigenvalue weighted by atomic mass is 10.2. The van der Waals surface area contributed by atoms with Crippen molar-refractivity contribution >= 4 is 20.4 Å². The van der Waals surface area contributed by atoms with Crippen molar-refractivity contribution in [1.29, 1.82) is 0 Å². The molecular weight excluding hydrogens is 378 g/mol. The molecule has 1 amide bonds. The predicted octanol–water partition coefficient (Wildman–Crippen LogP) is 4.05. The molecule has 2 N–H and O–H groups in total. The topological polar surface area (TPSA) is 103 Å². The van der Waals surface area contributed by atoms with E-state index in [1.807, 2.05) is 6.92 Å². The summed E-state index contributed by atoms with van der Waals surface area (Å²) in [5.74, 6) is -0.685. The average molecular weight is 414 g/mol. The number of hydrogen-bond donors (Lipinski definition) is 2. The van der Waals surface area contributed by atoms with E-state index in [0.717, 1.165) is 0 Å². The fraction of sp³-hybridized carbons (Fsp3) is 0.737. The summed E-state index contributed by atoms with van der Waals surface area (Å²) in [6.45, 7) is 18.1. The van der Waals surface area contributed by atoms with Crippen LogP contribution in [0.15, 0.2) is 0 Å². The third-order valence-electron chi connectivity index (χ3n) is 4.72. The SMILES string of the molecule is CCc1c(O[Si](C)(C)C(C)(C)C)nn(CCNC(=O)OC(C)(C)C)c1C(=O)O. The molecule has 9 heteroatoms. The summed E-state index contributed by atoms with van der Waals surface area (Å²) >= 11 is 0. The first-order chi connectivity index (χ1) is 12.6. The monoisotopic (exact) mass is 413 g/mol. The van der Waals surface area contributed by atoms with Gasteiger partial charge in [-0.05, 0) is 45.3 Å². The molecule has 1 aromatic rings. The number of nitrogens with one attached hydrogen (secondary N) is 1. The summed E-state index contributed by atoms with van der Waals surface area (Å²) < 4.78 is 12.9. The van der Waals surface area contributed by atoms with Crippen molar-refractivity contribution in [3.05, 3.63) is 11.3 Å². The molecule has 0 aromatic carbocycles. The van der Waals surface area contributed by atoms with Gasteiger partial charge in [-0.1, -0.05) is 27.7 Å². The molecule has 0 saturated heterocycles. The second kappa shape index (κ2) is 8.55. The standard InChI is InChI=1S/C19H35N3O5Si/c1-10-13-14(16(23)24)22(12-11-20-17(25)26-18(2,3)4)21-15(13)27-28(8,9)19(5,6)7/h10-12H2,1-9H3,(H,20,25)(H,23,24). The van der Waals surface area contributed by atoms with Gasteiger partial charge in [-0.2, -0.15) is 0 Å². The van der Waals surface area contributed by atoms with Crippen LogP contribution >= 0.6 is 0 Å². The van der Waals surface area contributed by atoms with Crippen molar-refractivity contribution in [2.24, 2.45) is 0 Å². The zero-order chi connectivity index (χ0) is 21.9. The van der Waals surface area contributed by atoms with Crippen molar-refractivity contribution < 1.29 is 23.9 Å². The molecule has 0 saturated carbocycles. The lowest BCUT2D eigenvalue weighted by Crippen LogP contribution is -2.44. The zero-order valence-electron chi connectivity index (χ0n) is 18.6. The fourth-order valence-electron chi connectivity index (χ4n) is 2.25. The van der Waals surface area contributed by atoms with Crippen molar-refractivity contribution in [1.82, 2.24) is 15.1 Å². The maximum Gasteiger partial charge on any atom is 0.407 e. The third-order valence-corrected chi connectivity index (χ3v) is 9.04. The van der Waals surface area contributed by atoms with Crippen molar-refractivity contribution in [2.45, 2.75) is 85.2 Å². The lowest BCUT2D eigenvalue weighted by Gasteiger charge is -2.35. The lowest BCUT2D eigenvalue weighted by molar-refractivity contribution is 0.0525. The number of carboxylic acid groups (broad SMARTS) is 1. The predicted molar refractivity (Wildman–Crippen MR) is 111 cm³/mol. The van der Waals surface area contributed by atoms with E-state index in [4.69, 9.17) is 9.16 Å². The highest BCUT2D eigenvalue weighted by Gasteiger charge is 2.40. The number of alkyl carbamates (subject to hydrolysis) is 1. The van der Waals surface area contributed by atoms with Crippen LogP contribution in [0.25, 0.3) is 0 Å². The molecule has 0 bridgehead atoms. The van der Waals surface area contributed by atoms with E-state index in [0.29, 0.717) is 17.9 Å². The Morgan fingerprint density at radius 3 is 2.18 bits per heavy atom. The largest absolute Gasteiger partial charge is 0.529 e. The van der Waals surface area contributed by atoms with Gasteiger partial charge in [-0.25, -0.2) is 9.59 Å². The second-order valence-corrected chi connectivity index (χ2v) is 14.0. The number of hydrogen-bond acceptors (Lipinski definition) is 5. The van der Waals surface area contributed by atoms with E-state index in [2.05, 4.69) is 44.3 Å². The molecule has 28 heavy (non-hydrogen) atoms. The Bertz CT molecular complexity index is 714. The number of amides is 1. The zero-order valence-corrected chi connectivity index (χ0v) is 19.6. The second-order valence-electron chi connectivity index (χ2n) is 9.31. The fourth-order valence-corrected chi connectivity index (χ4v) is 3.21. The number of aromatic nitrogens is 2. The van der Waals surface area contributed by atoms with E-state index < -0.39 is 26.0 Å². The van der Waals surface area contributed by atoms with Gasteiger partial charge in [0.1, 0.15) is 5.60 Å². The first-order valence-electron chi connectivity index (χ1n) is 9.58. The number of carbonyl (C=O) groups is 2. The van der Waals surface area contributed by atoms with Crippen LogP contribution in [0.4, 0.5) is 4.79 Å². The summed E-state index contributed by atoms with van der Waals surface area (Å²) in [6.07, 6.45) is -0.0598. The van der Waals surface area contributed by atoms with Crippen LogP contribution < -0.4 is 9.74 Å². The Hall–Kier alpha value is -2.03. The molecule has 0 aliphatic rings. The average Bonchev–Trinajstić information content (AvgIpc) is 2.80. The first-order valence-corrected chi connectivity index (χ1v) is 12.5. The summed E-state index contributed by atoms with van der Waals surface area (Å²) in [7, 11) is -2.17. The molecule has 0 spiro atoms.